The molecule has 0 amide bonds. The van der Waals surface area contributed by atoms with Crippen LogP contribution in [-0.4, -0.2) is 14.9 Å². The molecule has 1 aromatic rings. The fourth-order valence-electron chi connectivity index (χ4n) is 1.48. The largest absolute Gasteiger partial charge is 0.392 e. The van der Waals surface area contributed by atoms with Gasteiger partial charge in [-0.15, -0.1) is 0 Å². The summed E-state index contributed by atoms with van der Waals surface area (Å²) in [5, 5.41) is 13.3. The number of aliphatic hydroxyl groups excluding tert-OH is 1. The molecule has 0 saturated heterocycles. The minimum Gasteiger partial charge on any atom is -0.392 e. The Labute approximate surface area is 72.0 Å². The third-order valence-corrected chi connectivity index (χ3v) is 2.34. The van der Waals surface area contributed by atoms with Crippen LogP contribution in [0.1, 0.15) is 24.1 Å². The molecule has 1 aliphatic rings. The monoisotopic (exact) mass is 166 g/mol. The smallest absolute Gasteiger partial charge is 0.0715 e. The summed E-state index contributed by atoms with van der Waals surface area (Å²) in [5.41, 5.74) is 2.08. The molecule has 1 aliphatic carbocycles. The van der Waals surface area contributed by atoms with Gasteiger partial charge in [-0.3, -0.25) is 4.68 Å². The van der Waals surface area contributed by atoms with E-state index >= 15 is 0 Å². The first-order valence-electron chi connectivity index (χ1n) is 4.42. The van der Waals surface area contributed by atoms with Gasteiger partial charge in [0.25, 0.3) is 0 Å². The summed E-state index contributed by atoms with van der Waals surface area (Å²) in [6.45, 7) is 0.121. The number of rotatable bonds is 3. The molecule has 12 heavy (non-hydrogen) atoms. The molecule has 0 bridgehead atoms. The van der Waals surface area contributed by atoms with Crippen LogP contribution in [0.4, 0.5) is 0 Å². The van der Waals surface area contributed by atoms with Crippen molar-refractivity contribution in [3.05, 3.63) is 17.5 Å². The summed E-state index contributed by atoms with van der Waals surface area (Å²) in [7, 11) is 1.90. The first kappa shape index (κ1) is 7.80. The second-order valence-electron chi connectivity index (χ2n) is 3.58. The van der Waals surface area contributed by atoms with Gasteiger partial charge < -0.3 is 5.11 Å². The van der Waals surface area contributed by atoms with Crippen LogP contribution in [0, 0.1) is 5.92 Å². The third kappa shape index (κ3) is 1.50. The van der Waals surface area contributed by atoms with E-state index in [1.165, 1.54) is 12.8 Å². The van der Waals surface area contributed by atoms with Gasteiger partial charge in [0.05, 0.1) is 12.3 Å². The molecule has 66 valence electrons. The zero-order valence-corrected chi connectivity index (χ0v) is 7.32. The van der Waals surface area contributed by atoms with Crippen LogP contribution in [-0.2, 0) is 20.1 Å². The predicted octanol–water partition coefficient (Wildman–Crippen LogP) is 0.865. The Hall–Kier alpha value is -0.830. The molecule has 1 heterocycles. The highest BCUT2D eigenvalue weighted by Gasteiger charge is 2.23. The van der Waals surface area contributed by atoms with Crippen molar-refractivity contribution in [2.75, 3.05) is 0 Å². The highest BCUT2D eigenvalue weighted by atomic mass is 16.3. The lowest BCUT2D eigenvalue weighted by molar-refractivity contribution is 0.280. The van der Waals surface area contributed by atoms with Crippen molar-refractivity contribution in [1.82, 2.24) is 9.78 Å². The van der Waals surface area contributed by atoms with Crippen molar-refractivity contribution < 1.29 is 5.11 Å². The Morgan fingerprint density at radius 2 is 2.42 bits per heavy atom. The van der Waals surface area contributed by atoms with Crippen molar-refractivity contribution in [3.8, 4) is 0 Å². The molecule has 1 N–H and O–H groups in total. The minimum atomic E-state index is 0.121. The van der Waals surface area contributed by atoms with E-state index in [9.17, 15) is 0 Å². The highest BCUT2D eigenvalue weighted by molar-refractivity contribution is 5.17. The van der Waals surface area contributed by atoms with Gasteiger partial charge in [0.15, 0.2) is 0 Å². The molecule has 3 heteroatoms. The normalized spacial score (nSPS) is 16.8. The first-order valence-corrected chi connectivity index (χ1v) is 4.42. The number of aliphatic hydroxyl groups is 1. The maximum Gasteiger partial charge on any atom is 0.0715 e. The lowest BCUT2D eigenvalue weighted by Gasteiger charge is -1.95. The van der Waals surface area contributed by atoms with Gasteiger partial charge in [0.2, 0.25) is 0 Å². The molecule has 3 nitrogen and oxygen atoms in total. The van der Waals surface area contributed by atoms with E-state index in [4.69, 9.17) is 5.11 Å². The van der Waals surface area contributed by atoms with E-state index in [-0.39, 0.29) is 6.61 Å². The third-order valence-electron chi connectivity index (χ3n) is 2.34. The average Bonchev–Trinajstić information content (AvgIpc) is 2.76. The molecular weight excluding hydrogens is 152 g/mol. The van der Waals surface area contributed by atoms with Gasteiger partial charge in [0, 0.05) is 18.8 Å². The lowest BCUT2D eigenvalue weighted by atomic mass is 10.1. The van der Waals surface area contributed by atoms with Crippen molar-refractivity contribution in [2.24, 2.45) is 13.0 Å². The fraction of sp³-hybridized carbons (Fsp3) is 0.667. The molecule has 0 atom stereocenters. The molecule has 0 radical (unpaired) electrons. The van der Waals surface area contributed by atoms with Crippen LogP contribution in [0.25, 0.3) is 0 Å². The van der Waals surface area contributed by atoms with Gasteiger partial charge in [-0.1, -0.05) is 0 Å². The van der Waals surface area contributed by atoms with E-state index in [2.05, 4.69) is 5.10 Å². The number of aryl methyl sites for hydroxylation is 1. The molecule has 1 aromatic heterocycles. The molecule has 1 fully saturated rings. The number of aromatic nitrogens is 2. The van der Waals surface area contributed by atoms with Crippen LogP contribution in [0.2, 0.25) is 0 Å². The number of nitrogens with zero attached hydrogens (tertiary/aromatic N) is 2. The van der Waals surface area contributed by atoms with Crippen molar-refractivity contribution in [2.45, 2.75) is 25.9 Å². The van der Waals surface area contributed by atoms with Gasteiger partial charge >= 0.3 is 0 Å². The van der Waals surface area contributed by atoms with Gasteiger partial charge in [0.1, 0.15) is 0 Å². The minimum absolute atomic E-state index is 0.121. The molecule has 0 unspecified atom stereocenters. The summed E-state index contributed by atoms with van der Waals surface area (Å²) < 4.78 is 1.78. The number of hydrogen-bond acceptors (Lipinski definition) is 2. The predicted molar refractivity (Wildman–Crippen MR) is 45.6 cm³/mol. The van der Waals surface area contributed by atoms with E-state index < -0.39 is 0 Å². The Kier molecular flexibility index (Phi) is 1.89. The van der Waals surface area contributed by atoms with Gasteiger partial charge in [-0.05, 0) is 25.2 Å². The molecule has 0 aliphatic heterocycles. The Morgan fingerprint density at radius 3 is 3.00 bits per heavy atom. The second kappa shape index (κ2) is 2.90. The fourth-order valence-corrected chi connectivity index (χ4v) is 1.48. The summed E-state index contributed by atoms with van der Waals surface area (Å²) in [4.78, 5) is 0. The van der Waals surface area contributed by atoms with Crippen molar-refractivity contribution >= 4 is 0 Å². The Balaban J connectivity index is 2.15. The standard InChI is InChI=1S/C9H14N2O/c1-11-5-8(6-12)9(10-11)4-7-2-3-7/h5,7,12H,2-4,6H2,1H3. The average molecular weight is 166 g/mol. The molecular formula is C9H14N2O. The summed E-state index contributed by atoms with van der Waals surface area (Å²) in [6, 6.07) is 0. The van der Waals surface area contributed by atoms with Crippen LogP contribution >= 0.6 is 0 Å². The van der Waals surface area contributed by atoms with E-state index in [0.717, 1.165) is 23.6 Å². The zero-order chi connectivity index (χ0) is 8.55. The van der Waals surface area contributed by atoms with Crippen LogP contribution in [0.3, 0.4) is 0 Å². The highest BCUT2D eigenvalue weighted by Crippen LogP contribution is 2.32. The van der Waals surface area contributed by atoms with Crippen molar-refractivity contribution in [1.29, 1.82) is 0 Å². The maximum atomic E-state index is 9.01. The van der Waals surface area contributed by atoms with E-state index in [1.807, 2.05) is 13.2 Å². The maximum absolute atomic E-state index is 9.01. The Morgan fingerprint density at radius 1 is 1.67 bits per heavy atom. The van der Waals surface area contributed by atoms with Crippen LogP contribution < -0.4 is 0 Å². The van der Waals surface area contributed by atoms with Crippen molar-refractivity contribution in [3.63, 3.8) is 0 Å². The van der Waals surface area contributed by atoms with Crippen LogP contribution in [0.15, 0.2) is 6.20 Å². The SMILES string of the molecule is Cn1cc(CO)c(CC2CC2)n1. The summed E-state index contributed by atoms with van der Waals surface area (Å²) in [5.74, 6) is 0.838. The molecule has 0 aromatic carbocycles. The zero-order valence-electron chi connectivity index (χ0n) is 7.32. The molecule has 2 rings (SSSR count). The van der Waals surface area contributed by atoms with E-state index in [1.54, 1.807) is 4.68 Å². The summed E-state index contributed by atoms with van der Waals surface area (Å²) >= 11 is 0. The van der Waals surface area contributed by atoms with Gasteiger partial charge in [-0.25, -0.2) is 0 Å². The molecule has 0 spiro atoms. The summed E-state index contributed by atoms with van der Waals surface area (Å²) in [6.07, 6.45) is 5.62. The van der Waals surface area contributed by atoms with Crippen LogP contribution in [0.5, 0.6) is 0 Å². The van der Waals surface area contributed by atoms with E-state index in [0.29, 0.717) is 0 Å². The number of hydrogen-bond donors (Lipinski definition) is 1. The van der Waals surface area contributed by atoms with Gasteiger partial charge in [-0.2, -0.15) is 5.10 Å². The topological polar surface area (TPSA) is 38.0 Å². The molecule has 1 saturated carbocycles. The second-order valence-corrected chi connectivity index (χ2v) is 3.58. The first-order chi connectivity index (χ1) is 5.79. The lowest BCUT2D eigenvalue weighted by Crippen LogP contribution is -1.94. The quantitative estimate of drug-likeness (QED) is 0.723. The Bertz CT molecular complexity index is 276.